The first-order valence-electron chi connectivity index (χ1n) is 7.91. The van der Waals surface area contributed by atoms with E-state index in [2.05, 4.69) is 6.92 Å². The predicted octanol–water partition coefficient (Wildman–Crippen LogP) is 3.62. The van der Waals surface area contributed by atoms with Crippen molar-refractivity contribution in [3.63, 3.8) is 0 Å². The van der Waals surface area contributed by atoms with Crippen LogP contribution in [0.4, 0.5) is 0 Å². The van der Waals surface area contributed by atoms with Crippen molar-refractivity contribution in [2.24, 2.45) is 5.41 Å². The average molecular weight is 284 g/mol. The number of hydrogen-bond donors (Lipinski definition) is 0. The van der Waals surface area contributed by atoms with E-state index in [0.717, 1.165) is 38.5 Å². The van der Waals surface area contributed by atoms with E-state index in [9.17, 15) is 9.59 Å². The number of unbranched alkanes of at least 4 members (excludes halogenated alkanes) is 3. The van der Waals surface area contributed by atoms with Gasteiger partial charge in [0.1, 0.15) is 11.5 Å². The van der Waals surface area contributed by atoms with Crippen LogP contribution in [0.1, 0.15) is 72.1 Å². The molecule has 2 atom stereocenters. The van der Waals surface area contributed by atoms with Gasteiger partial charge in [0.2, 0.25) is 0 Å². The van der Waals surface area contributed by atoms with E-state index in [1.165, 1.54) is 19.8 Å². The molecule has 0 aromatic rings. The van der Waals surface area contributed by atoms with Gasteiger partial charge in [-0.2, -0.15) is 0 Å². The summed E-state index contributed by atoms with van der Waals surface area (Å²) in [5.74, 6) is -0.487. The van der Waals surface area contributed by atoms with Crippen LogP contribution in [0, 0.1) is 5.41 Å². The molecule has 1 aliphatic rings. The molecule has 0 amide bonds. The normalized spacial score (nSPS) is 25.4. The summed E-state index contributed by atoms with van der Waals surface area (Å²) in [4.78, 5) is 23.7. The van der Waals surface area contributed by atoms with E-state index < -0.39 is 5.41 Å². The van der Waals surface area contributed by atoms with Gasteiger partial charge < -0.3 is 9.47 Å². The maximum absolute atomic E-state index is 12.4. The van der Waals surface area contributed by atoms with Crippen LogP contribution in [0.2, 0.25) is 0 Å². The molecular weight excluding hydrogens is 256 g/mol. The summed E-state index contributed by atoms with van der Waals surface area (Å²) in [7, 11) is 0. The van der Waals surface area contributed by atoms with Crippen LogP contribution >= 0.6 is 0 Å². The number of esters is 2. The zero-order valence-corrected chi connectivity index (χ0v) is 13.1. The minimum absolute atomic E-state index is 0.180. The minimum atomic E-state index is -0.602. The van der Waals surface area contributed by atoms with Crippen LogP contribution in [-0.4, -0.2) is 24.6 Å². The van der Waals surface area contributed by atoms with Crippen molar-refractivity contribution < 1.29 is 19.1 Å². The van der Waals surface area contributed by atoms with Crippen LogP contribution in [0.15, 0.2) is 0 Å². The fraction of sp³-hybridized carbons (Fsp3) is 0.875. The van der Waals surface area contributed by atoms with Gasteiger partial charge >= 0.3 is 11.9 Å². The Morgan fingerprint density at radius 2 is 1.95 bits per heavy atom. The molecule has 1 aliphatic carbocycles. The lowest BCUT2D eigenvalue weighted by atomic mass is 9.79. The lowest BCUT2D eigenvalue weighted by Gasteiger charge is -2.32. The molecule has 4 heteroatoms. The van der Waals surface area contributed by atoms with Crippen molar-refractivity contribution in [2.45, 2.75) is 78.2 Å². The predicted molar refractivity (Wildman–Crippen MR) is 77.2 cm³/mol. The summed E-state index contributed by atoms with van der Waals surface area (Å²) in [5.41, 5.74) is -0.602. The Kier molecular flexibility index (Phi) is 7.03. The standard InChI is InChI=1S/C16H28O4/c1-4-6-7-8-11-16(15(18)19-5-2)12-9-10-14(16)20-13(3)17/h14H,4-12H2,1-3H3. The summed E-state index contributed by atoms with van der Waals surface area (Å²) in [6.45, 7) is 5.77. The van der Waals surface area contributed by atoms with Crippen molar-refractivity contribution in [3.05, 3.63) is 0 Å². The highest BCUT2D eigenvalue weighted by molar-refractivity contribution is 5.79. The molecule has 2 unspecified atom stereocenters. The Labute approximate surface area is 122 Å². The molecule has 0 radical (unpaired) electrons. The Hall–Kier alpha value is -1.06. The van der Waals surface area contributed by atoms with Crippen molar-refractivity contribution in [2.75, 3.05) is 6.61 Å². The van der Waals surface area contributed by atoms with Gasteiger partial charge in [-0.1, -0.05) is 32.6 Å². The number of hydrogen-bond acceptors (Lipinski definition) is 4. The van der Waals surface area contributed by atoms with E-state index in [1.54, 1.807) is 0 Å². The maximum atomic E-state index is 12.4. The molecule has 1 rings (SSSR count). The summed E-state index contributed by atoms with van der Waals surface area (Å²) < 4.78 is 10.7. The third kappa shape index (κ3) is 4.22. The first-order valence-corrected chi connectivity index (χ1v) is 7.91. The van der Waals surface area contributed by atoms with Gasteiger partial charge in [0.05, 0.1) is 6.61 Å². The van der Waals surface area contributed by atoms with Gasteiger partial charge in [-0.05, 0) is 32.6 Å². The topological polar surface area (TPSA) is 52.6 Å². The van der Waals surface area contributed by atoms with Gasteiger partial charge in [0.15, 0.2) is 0 Å². The van der Waals surface area contributed by atoms with Crippen LogP contribution in [0.5, 0.6) is 0 Å². The molecule has 20 heavy (non-hydrogen) atoms. The molecule has 0 heterocycles. The fourth-order valence-corrected chi connectivity index (χ4v) is 3.18. The highest BCUT2D eigenvalue weighted by atomic mass is 16.6. The molecule has 0 saturated heterocycles. The highest BCUT2D eigenvalue weighted by Crippen LogP contribution is 2.45. The van der Waals surface area contributed by atoms with Crippen LogP contribution in [-0.2, 0) is 19.1 Å². The average Bonchev–Trinajstić information content (AvgIpc) is 2.78. The van der Waals surface area contributed by atoms with E-state index in [1.807, 2.05) is 6.92 Å². The first kappa shape index (κ1) is 17.0. The SMILES string of the molecule is CCCCCCC1(C(=O)OCC)CCCC1OC(C)=O. The Morgan fingerprint density at radius 3 is 2.55 bits per heavy atom. The Morgan fingerprint density at radius 1 is 1.20 bits per heavy atom. The third-order valence-corrected chi connectivity index (χ3v) is 4.17. The monoisotopic (exact) mass is 284 g/mol. The molecule has 0 aromatic heterocycles. The van der Waals surface area contributed by atoms with Crippen molar-refractivity contribution >= 4 is 11.9 Å². The number of carbonyl (C=O) groups is 2. The minimum Gasteiger partial charge on any atom is -0.465 e. The second kappa shape index (κ2) is 8.28. The summed E-state index contributed by atoms with van der Waals surface area (Å²) in [5, 5.41) is 0. The Balaban J connectivity index is 2.76. The van der Waals surface area contributed by atoms with Crippen molar-refractivity contribution in [1.29, 1.82) is 0 Å². The van der Waals surface area contributed by atoms with Gasteiger partial charge in [-0.25, -0.2) is 0 Å². The van der Waals surface area contributed by atoms with Crippen LogP contribution < -0.4 is 0 Å². The molecule has 0 bridgehead atoms. The van der Waals surface area contributed by atoms with Gasteiger partial charge in [-0.3, -0.25) is 9.59 Å². The number of ether oxygens (including phenoxy) is 2. The van der Waals surface area contributed by atoms with Crippen molar-refractivity contribution in [1.82, 2.24) is 0 Å². The summed E-state index contributed by atoms with van der Waals surface area (Å²) in [6, 6.07) is 0. The maximum Gasteiger partial charge on any atom is 0.315 e. The molecule has 1 fully saturated rings. The number of carbonyl (C=O) groups excluding carboxylic acids is 2. The lowest BCUT2D eigenvalue weighted by Crippen LogP contribution is -2.42. The van der Waals surface area contributed by atoms with Gasteiger partial charge in [0.25, 0.3) is 0 Å². The molecule has 0 aromatic carbocycles. The van der Waals surface area contributed by atoms with E-state index in [4.69, 9.17) is 9.47 Å². The van der Waals surface area contributed by atoms with Gasteiger partial charge in [-0.15, -0.1) is 0 Å². The molecule has 0 aliphatic heterocycles. The van der Waals surface area contributed by atoms with Crippen LogP contribution in [0.3, 0.4) is 0 Å². The van der Waals surface area contributed by atoms with Crippen LogP contribution in [0.25, 0.3) is 0 Å². The highest BCUT2D eigenvalue weighted by Gasteiger charge is 2.51. The zero-order valence-electron chi connectivity index (χ0n) is 13.1. The second-order valence-electron chi connectivity index (χ2n) is 5.68. The molecule has 0 N–H and O–H groups in total. The smallest absolute Gasteiger partial charge is 0.315 e. The molecule has 116 valence electrons. The quantitative estimate of drug-likeness (QED) is 0.504. The molecular formula is C16H28O4. The lowest BCUT2D eigenvalue weighted by molar-refractivity contribution is -0.170. The largest absolute Gasteiger partial charge is 0.465 e. The van der Waals surface area contributed by atoms with Crippen molar-refractivity contribution in [3.8, 4) is 0 Å². The molecule has 4 nitrogen and oxygen atoms in total. The third-order valence-electron chi connectivity index (χ3n) is 4.17. The molecule has 1 saturated carbocycles. The fourth-order valence-electron chi connectivity index (χ4n) is 3.18. The molecule has 0 spiro atoms. The second-order valence-corrected chi connectivity index (χ2v) is 5.68. The summed E-state index contributed by atoms with van der Waals surface area (Å²) in [6.07, 6.45) is 7.38. The zero-order chi connectivity index (χ0) is 15.0. The first-order chi connectivity index (χ1) is 9.56. The Bertz CT molecular complexity index is 326. The number of rotatable bonds is 8. The van der Waals surface area contributed by atoms with E-state index in [-0.39, 0.29) is 18.0 Å². The van der Waals surface area contributed by atoms with Gasteiger partial charge in [0, 0.05) is 6.92 Å². The van der Waals surface area contributed by atoms with E-state index >= 15 is 0 Å². The summed E-state index contributed by atoms with van der Waals surface area (Å²) >= 11 is 0. The van der Waals surface area contributed by atoms with E-state index in [0.29, 0.717) is 6.61 Å².